The molecule has 0 fully saturated rings. The summed E-state index contributed by atoms with van der Waals surface area (Å²) in [6.45, 7) is 0.0299. The second-order valence-corrected chi connectivity index (χ2v) is 3.77. The normalized spacial score (nSPS) is 10.1. The van der Waals surface area contributed by atoms with Crippen molar-refractivity contribution in [1.29, 1.82) is 0 Å². The molecule has 1 aromatic rings. The summed E-state index contributed by atoms with van der Waals surface area (Å²) in [4.78, 5) is 16.2. The third-order valence-corrected chi connectivity index (χ3v) is 2.45. The monoisotopic (exact) mass is 269 g/mol. The van der Waals surface area contributed by atoms with E-state index in [0.717, 1.165) is 5.56 Å². The van der Waals surface area contributed by atoms with E-state index in [4.69, 9.17) is 14.3 Å². The summed E-state index contributed by atoms with van der Waals surface area (Å²) >= 11 is 0. The molecule has 0 spiro atoms. The van der Waals surface area contributed by atoms with Gasteiger partial charge < -0.3 is 14.2 Å². The predicted octanol–water partition coefficient (Wildman–Crippen LogP) is 1.29. The summed E-state index contributed by atoms with van der Waals surface area (Å²) in [6.07, 6.45) is 0.904. The number of hydrogen-bond acceptors (Lipinski definition) is 5. The molecule has 1 amide bonds. The third kappa shape index (κ3) is 5.15. The minimum atomic E-state index is -0.202. The van der Waals surface area contributed by atoms with Gasteiger partial charge in [-0.2, -0.15) is 0 Å². The Morgan fingerprint density at radius 2 is 1.89 bits per heavy atom. The Balaban J connectivity index is 2.47. The predicted molar refractivity (Wildman–Crippen MR) is 69.0 cm³/mol. The van der Waals surface area contributed by atoms with Crippen LogP contribution in [0.25, 0.3) is 0 Å². The molecular weight excluding hydrogens is 250 g/mol. The molecule has 0 aliphatic carbocycles. The summed E-state index contributed by atoms with van der Waals surface area (Å²) in [5.74, 6) is 1.11. The largest absolute Gasteiger partial charge is 0.493 e. The first-order chi connectivity index (χ1) is 9.21. The number of aryl methyl sites for hydroxylation is 1. The molecule has 0 aliphatic rings. The number of carbonyl (C=O) groups is 1. The molecule has 106 valence electrons. The van der Waals surface area contributed by atoms with E-state index in [1.807, 2.05) is 18.2 Å². The quantitative estimate of drug-likeness (QED) is 0.437. The van der Waals surface area contributed by atoms with Crippen LogP contribution in [0.5, 0.6) is 11.5 Å². The Labute approximate surface area is 112 Å². The van der Waals surface area contributed by atoms with Crippen LogP contribution in [0.1, 0.15) is 12.0 Å². The number of rotatable bonds is 8. The van der Waals surface area contributed by atoms with Crippen LogP contribution in [0.4, 0.5) is 0 Å². The van der Waals surface area contributed by atoms with Crippen LogP contribution in [0.15, 0.2) is 18.2 Å². The van der Waals surface area contributed by atoms with Crippen molar-refractivity contribution < 1.29 is 23.8 Å². The molecule has 1 aromatic carbocycles. The average Bonchev–Trinajstić information content (AvgIpc) is 2.45. The number of hydroxylamine groups is 1. The van der Waals surface area contributed by atoms with Gasteiger partial charge in [-0.25, -0.2) is 10.3 Å². The van der Waals surface area contributed by atoms with Gasteiger partial charge in [0.1, 0.15) is 0 Å². The number of hydrogen-bond donors (Lipinski definition) is 1. The van der Waals surface area contributed by atoms with Gasteiger partial charge in [0.25, 0.3) is 0 Å². The highest BCUT2D eigenvalue weighted by molar-refractivity contribution is 5.75. The summed E-state index contributed by atoms with van der Waals surface area (Å²) in [5, 5.41) is 0. The first-order valence-electron chi connectivity index (χ1n) is 5.81. The standard InChI is InChI=1S/C13H19NO5/c1-16-9-19-14-13(15)7-5-10-4-6-11(17-2)12(8-10)18-3/h4,6,8H,5,7,9H2,1-3H3,(H,14,15). The number of nitrogens with one attached hydrogen (secondary N) is 1. The van der Waals surface area contributed by atoms with E-state index in [0.29, 0.717) is 24.3 Å². The van der Waals surface area contributed by atoms with E-state index in [2.05, 4.69) is 10.2 Å². The Morgan fingerprint density at radius 3 is 2.53 bits per heavy atom. The van der Waals surface area contributed by atoms with E-state index in [1.54, 1.807) is 14.2 Å². The SMILES string of the molecule is COCONC(=O)CCc1ccc(OC)c(OC)c1. The Hall–Kier alpha value is -1.79. The molecule has 0 aromatic heterocycles. The zero-order valence-corrected chi connectivity index (χ0v) is 11.4. The van der Waals surface area contributed by atoms with E-state index < -0.39 is 0 Å². The van der Waals surface area contributed by atoms with Crippen LogP contribution in [0, 0.1) is 0 Å². The van der Waals surface area contributed by atoms with Gasteiger partial charge in [-0.15, -0.1) is 0 Å². The number of amides is 1. The minimum absolute atomic E-state index is 0.0299. The maximum atomic E-state index is 11.4. The lowest BCUT2D eigenvalue weighted by Crippen LogP contribution is -2.24. The van der Waals surface area contributed by atoms with Crippen molar-refractivity contribution in [2.45, 2.75) is 12.8 Å². The molecule has 0 radical (unpaired) electrons. The third-order valence-electron chi connectivity index (χ3n) is 2.45. The molecule has 1 N–H and O–H groups in total. The van der Waals surface area contributed by atoms with Crippen LogP contribution in [0.2, 0.25) is 0 Å². The lowest BCUT2D eigenvalue weighted by atomic mass is 10.1. The van der Waals surface area contributed by atoms with Crippen molar-refractivity contribution >= 4 is 5.91 Å². The Morgan fingerprint density at radius 1 is 1.16 bits per heavy atom. The van der Waals surface area contributed by atoms with Crippen molar-refractivity contribution in [1.82, 2.24) is 5.48 Å². The molecule has 1 rings (SSSR count). The lowest BCUT2D eigenvalue weighted by molar-refractivity contribution is -0.144. The van der Waals surface area contributed by atoms with Gasteiger partial charge >= 0.3 is 0 Å². The topological polar surface area (TPSA) is 66.0 Å². The van der Waals surface area contributed by atoms with Crippen molar-refractivity contribution in [3.63, 3.8) is 0 Å². The highest BCUT2D eigenvalue weighted by Gasteiger charge is 2.06. The van der Waals surface area contributed by atoms with Crippen LogP contribution in [-0.2, 0) is 20.8 Å². The molecule has 6 heteroatoms. The van der Waals surface area contributed by atoms with Crippen molar-refractivity contribution in [2.24, 2.45) is 0 Å². The second kappa shape index (κ2) is 8.34. The van der Waals surface area contributed by atoms with Gasteiger partial charge in [-0.1, -0.05) is 6.07 Å². The fourth-order valence-electron chi connectivity index (χ4n) is 1.51. The molecule has 0 saturated heterocycles. The van der Waals surface area contributed by atoms with Crippen molar-refractivity contribution in [3.05, 3.63) is 23.8 Å². The molecule has 0 heterocycles. The maximum Gasteiger partial charge on any atom is 0.243 e. The summed E-state index contributed by atoms with van der Waals surface area (Å²) < 4.78 is 15.0. The summed E-state index contributed by atoms with van der Waals surface area (Å²) in [5.41, 5.74) is 3.27. The molecule has 0 atom stereocenters. The maximum absolute atomic E-state index is 11.4. The van der Waals surface area contributed by atoms with E-state index in [-0.39, 0.29) is 12.7 Å². The molecule has 0 aliphatic heterocycles. The zero-order valence-electron chi connectivity index (χ0n) is 11.4. The highest BCUT2D eigenvalue weighted by atomic mass is 16.8. The van der Waals surface area contributed by atoms with Gasteiger partial charge in [-0.05, 0) is 24.1 Å². The number of carbonyl (C=O) groups excluding carboxylic acids is 1. The van der Waals surface area contributed by atoms with Gasteiger partial charge in [0.2, 0.25) is 5.91 Å². The Kier molecular flexibility index (Phi) is 6.70. The van der Waals surface area contributed by atoms with Gasteiger partial charge in [0, 0.05) is 13.5 Å². The molecule has 19 heavy (non-hydrogen) atoms. The van der Waals surface area contributed by atoms with Crippen LogP contribution in [-0.4, -0.2) is 34.0 Å². The molecule has 6 nitrogen and oxygen atoms in total. The van der Waals surface area contributed by atoms with Crippen molar-refractivity contribution in [3.8, 4) is 11.5 Å². The van der Waals surface area contributed by atoms with Crippen LogP contribution in [0.3, 0.4) is 0 Å². The molecule has 0 bridgehead atoms. The minimum Gasteiger partial charge on any atom is -0.493 e. The summed E-state index contributed by atoms with van der Waals surface area (Å²) in [6, 6.07) is 5.56. The number of methoxy groups -OCH3 is 3. The smallest absolute Gasteiger partial charge is 0.243 e. The molecule has 0 saturated carbocycles. The van der Waals surface area contributed by atoms with Crippen LogP contribution < -0.4 is 15.0 Å². The van der Waals surface area contributed by atoms with Gasteiger partial charge in [0.15, 0.2) is 18.3 Å². The average molecular weight is 269 g/mol. The zero-order chi connectivity index (χ0) is 14.1. The van der Waals surface area contributed by atoms with Crippen LogP contribution >= 0.6 is 0 Å². The number of benzene rings is 1. The Bertz CT molecular complexity index is 408. The van der Waals surface area contributed by atoms with E-state index in [1.165, 1.54) is 7.11 Å². The van der Waals surface area contributed by atoms with Gasteiger partial charge in [0.05, 0.1) is 14.2 Å². The fraction of sp³-hybridized carbons (Fsp3) is 0.462. The molecular formula is C13H19NO5. The fourth-order valence-corrected chi connectivity index (χ4v) is 1.51. The van der Waals surface area contributed by atoms with E-state index >= 15 is 0 Å². The van der Waals surface area contributed by atoms with Gasteiger partial charge in [-0.3, -0.25) is 4.79 Å². The van der Waals surface area contributed by atoms with E-state index in [9.17, 15) is 4.79 Å². The lowest BCUT2D eigenvalue weighted by Gasteiger charge is -2.09. The molecule has 0 unspecified atom stereocenters. The highest BCUT2D eigenvalue weighted by Crippen LogP contribution is 2.27. The number of ether oxygens (including phenoxy) is 3. The summed E-state index contributed by atoms with van der Waals surface area (Å²) in [7, 11) is 4.64. The van der Waals surface area contributed by atoms with Crippen molar-refractivity contribution in [2.75, 3.05) is 28.1 Å². The second-order valence-electron chi connectivity index (χ2n) is 3.77. The first kappa shape index (κ1) is 15.3. The first-order valence-corrected chi connectivity index (χ1v) is 5.81.